The molecule has 0 radical (unpaired) electrons. The minimum Gasteiger partial charge on any atom is -0.462 e. The molecule has 100 valence electrons. The number of hydrogen-bond acceptors (Lipinski definition) is 4. The van der Waals surface area contributed by atoms with Crippen LogP contribution in [0.5, 0.6) is 0 Å². The van der Waals surface area contributed by atoms with E-state index >= 15 is 0 Å². The largest absolute Gasteiger partial charge is 0.462 e. The Morgan fingerprint density at radius 1 is 1.44 bits per heavy atom. The number of carbonyl (C=O) groups excluding carboxylic acids is 1. The lowest BCUT2D eigenvalue weighted by Crippen LogP contribution is -2.08. The molecule has 0 amide bonds. The predicted octanol–water partition coefficient (Wildman–Crippen LogP) is 3.25. The molecule has 0 aliphatic carbocycles. The highest BCUT2D eigenvalue weighted by Gasteiger charge is 2.20. The maximum Gasteiger partial charge on any atom is 0.338 e. The molecule has 4 nitrogen and oxygen atoms in total. The molecule has 0 fully saturated rings. The number of esters is 1. The first-order valence-corrected chi connectivity index (χ1v) is 8.29. The van der Waals surface area contributed by atoms with Crippen LogP contribution in [-0.2, 0) is 13.8 Å². The van der Waals surface area contributed by atoms with Gasteiger partial charge >= 0.3 is 5.97 Å². The summed E-state index contributed by atoms with van der Waals surface area (Å²) in [6.07, 6.45) is 0.696. The third kappa shape index (κ3) is 3.70. The van der Waals surface area contributed by atoms with Crippen molar-refractivity contribution < 1.29 is 17.9 Å². The molecular formula is C11H12BrClO4S. The first kappa shape index (κ1) is 15.5. The molecule has 0 aliphatic heterocycles. The van der Waals surface area contributed by atoms with Gasteiger partial charge in [-0.05, 0) is 47.0 Å². The third-order valence-electron chi connectivity index (χ3n) is 2.16. The fourth-order valence-corrected chi connectivity index (χ4v) is 3.47. The summed E-state index contributed by atoms with van der Waals surface area (Å²) in [5.74, 6) is -0.561. The summed E-state index contributed by atoms with van der Waals surface area (Å²) in [5, 5.41) is 0. The van der Waals surface area contributed by atoms with Crippen LogP contribution in [0.4, 0.5) is 0 Å². The fourth-order valence-electron chi connectivity index (χ4n) is 1.31. The van der Waals surface area contributed by atoms with E-state index < -0.39 is 15.0 Å². The van der Waals surface area contributed by atoms with Crippen molar-refractivity contribution in [1.29, 1.82) is 0 Å². The lowest BCUT2D eigenvalue weighted by atomic mass is 10.1. The Bertz CT molecular complexity index is 569. The van der Waals surface area contributed by atoms with E-state index in [1.54, 1.807) is 13.0 Å². The van der Waals surface area contributed by atoms with Crippen LogP contribution in [0.1, 0.15) is 29.3 Å². The SMILES string of the molecule is CCCOC(=O)c1cc(C)c(Br)c(S(=O)(=O)Cl)c1. The molecule has 0 bridgehead atoms. The van der Waals surface area contributed by atoms with Crippen molar-refractivity contribution >= 4 is 41.6 Å². The maximum atomic E-state index is 11.7. The molecule has 1 rings (SSSR count). The zero-order valence-corrected chi connectivity index (χ0v) is 13.0. The average Bonchev–Trinajstić information content (AvgIpc) is 2.27. The molecule has 0 atom stereocenters. The molecule has 0 N–H and O–H groups in total. The highest BCUT2D eigenvalue weighted by molar-refractivity contribution is 9.10. The number of halogens is 2. The highest BCUT2D eigenvalue weighted by atomic mass is 79.9. The van der Waals surface area contributed by atoms with Crippen LogP contribution in [0.25, 0.3) is 0 Å². The second kappa shape index (κ2) is 6.04. The molecule has 0 saturated carbocycles. The van der Waals surface area contributed by atoms with E-state index in [-0.39, 0.29) is 17.1 Å². The summed E-state index contributed by atoms with van der Waals surface area (Å²) in [7, 11) is 1.39. The summed E-state index contributed by atoms with van der Waals surface area (Å²) in [4.78, 5) is 11.5. The molecule has 0 saturated heterocycles. The summed E-state index contributed by atoms with van der Waals surface area (Å²) in [6.45, 7) is 3.83. The van der Waals surface area contributed by atoms with Crippen LogP contribution in [0.15, 0.2) is 21.5 Å². The Labute approximate surface area is 119 Å². The van der Waals surface area contributed by atoms with E-state index in [2.05, 4.69) is 15.9 Å². The predicted molar refractivity (Wildman–Crippen MR) is 72.5 cm³/mol. The van der Waals surface area contributed by atoms with Crippen molar-refractivity contribution in [2.75, 3.05) is 6.61 Å². The van der Waals surface area contributed by atoms with Crippen LogP contribution in [0.3, 0.4) is 0 Å². The normalized spacial score (nSPS) is 11.3. The Kier molecular flexibility index (Phi) is 5.19. The minimum atomic E-state index is -3.91. The van der Waals surface area contributed by atoms with Gasteiger partial charge in [0.25, 0.3) is 9.05 Å². The minimum absolute atomic E-state index is 0.132. The van der Waals surface area contributed by atoms with Crippen molar-refractivity contribution in [2.45, 2.75) is 25.2 Å². The zero-order chi connectivity index (χ0) is 13.9. The molecule has 0 aromatic heterocycles. The Morgan fingerprint density at radius 3 is 2.56 bits per heavy atom. The van der Waals surface area contributed by atoms with Crippen LogP contribution in [0.2, 0.25) is 0 Å². The first-order valence-electron chi connectivity index (χ1n) is 5.19. The van der Waals surface area contributed by atoms with Gasteiger partial charge in [-0.2, -0.15) is 0 Å². The number of aryl methyl sites for hydroxylation is 1. The summed E-state index contributed by atoms with van der Waals surface area (Å²) in [5.41, 5.74) is 0.767. The quantitative estimate of drug-likeness (QED) is 0.614. The van der Waals surface area contributed by atoms with Gasteiger partial charge in [0.05, 0.1) is 17.1 Å². The number of rotatable bonds is 4. The van der Waals surface area contributed by atoms with Crippen LogP contribution in [0, 0.1) is 6.92 Å². The maximum absolute atomic E-state index is 11.7. The van der Waals surface area contributed by atoms with E-state index in [9.17, 15) is 13.2 Å². The van der Waals surface area contributed by atoms with E-state index in [4.69, 9.17) is 15.4 Å². The lowest BCUT2D eigenvalue weighted by Gasteiger charge is -2.08. The standard InChI is InChI=1S/C11H12BrClO4S/c1-3-4-17-11(14)8-5-7(2)10(12)9(6-8)18(13,15)16/h5-6H,3-4H2,1-2H3. The number of benzene rings is 1. The topological polar surface area (TPSA) is 60.4 Å². The summed E-state index contributed by atoms with van der Waals surface area (Å²) < 4.78 is 28.1. The first-order chi connectivity index (χ1) is 8.27. The monoisotopic (exact) mass is 354 g/mol. The molecule has 1 aromatic rings. The van der Waals surface area contributed by atoms with Gasteiger partial charge < -0.3 is 4.74 Å². The van der Waals surface area contributed by atoms with E-state index in [1.807, 2.05) is 6.92 Å². The second-order valence-electron chi connectivity index (χ2n) is 3.68. The molecule has 7 heteroatoms. The summed E-state index contributed by atoms with van der Waals surface area (Å²) in [6, 6.07) is 2.76. The number of ether oxygens (including phenoxy) is 1. The number of carbonyl (C=O) groups is 1. The molecular weight excluding hydrogens is 344 g/mol. The van der Waals surface area contributed by atoms with Crippen LogP contribution >= 0.6 is 26.6 Å². The summed E-state index contributed by atoms with van der Waals surface area (Å²) >= 11 is 3.14. The van der Waals surface area contributed by atoms with Gasteiger partial charge in [0.15, 0.2) is 0 Å². The average molecular weight is 356 g/mol. The number of hydrogen-bond donors (Lipinski definition) is 0. The molecule has 0 unspecified atom stereocenters. The van der Waals surface area contributed by atoms with Crippen LogP contribution in [-0.4, -0.2) is 21.0 Å². The van der Waals surface area contributed by atoms with Crippen molar-refractivity contribution in [2.24, 2.45) is 0 Å². The van der Waals surface area contributed by atoms with Gasteiger partial charge in [-0.15, -0.1) is 0 Å². The van der Waals surface area contributed by atoms with Gasteiger partial charge in [0.2, 0.25) is 0 Å². The van der Waals surface area contributed by atoms with Crippen molar-refractivity contribution in [3.63, 3.8) is 0 Å². The van der Waals surface area contributed by atoms with Gasteiger partial charge in [-0.1, -0.05) is 6.92 Å². The van der Waals surface area contributed by atoms with E-state index in [0.717, 1.165) is 0 Å². The van der Waals surface area contributed by atoms with E-state index in [1.165, 1.54) is 6.07 Å². The van der Waals surface area contributed by atoms with Gasteiger partial charge in [0, 0.05) is 15.2 Å². The van der Waals surface area contributed by atoms with Crippen molar-refractivity contribution in [1.82, 2.24) is 0 Å². The highest BCUT2D eigenvalue weighted by Crippen LogP contribution is 2.29. The van der Waals surface area contributed by atoms with Gasteiger partial charge in [-0.3, -0.25) is 0 Å². The molecule has 0 heterocycles. The molecule has 0 spiro atoms. The van der Waals surface area contributed by atoms with Gasteiger partial charge in [0.1, 0.15) is 0 Å². The smallest absolute Gasteiger partial charge is 0.338 e. The van der Waals surface area contributed by atoms with Crippen molar-refractivity contribution in [3.8, 4) is 0 Å². The Hall–Kier alpha value is -0.590. The lowest BCUT2D eigenvalue weighted by molar-refractivity contribution is 0.0504. The third-order valence-corrected chi connectivity index (χ3v) is 4.82. The van der Waals surface area contributed by atoms with Gasteiger partial charge in [-0.25, -0.2) is 13.2 Å². The zero-order valence-electron chi connectivity index (χ0n) is 9.87. The molecule has 0 aliphatic rings. The fraction of sp³-hybridized carbons (Fsp3) is 0.364. The van der Waals surface area contributed by atoms with Crippen LogP contribution < -0.4 is 0 Å². The van der Waals surface area contributed by atoms with Crippen molar-refractivity contribution in [3.05, 3.63) is 27.7 Å². The second-order valence-corrected chi connectivity index (χ2v) is 7.01. The molecule has 1 aromatic carbocycles. The molecule has 18 heavy (non-hydrogen) atoms. The Morgan fingerprint density at radius 2 is 2.06 bits per heavy atom. The van der Waals surface area contributed by atoms with E-state index in [0.29, 0.717) is 16.5 Å². The Balaban J connectivity index is 3.25.